The molecule has 0 radical (unpaired) electrons. The molecular formula is C30H50O5. The van der Waals surface area contributed by atoms with Crippen molar-refractivity contribution in [3.05, 3.63) is 0 Å². The van der Waals surface area contributed by atoms with Gasteiger partial charge in [-0.25, -0.2) is 0 Å². The molecule has 200 valence electrons. The van der Waals surface area contributed by atoms with Crippen molar-refractivity contribution in [1.29, 1.82) is 0 Å². The SMILES string of the molecule is CC(C)(O)[C@H]1CC[C@@](C)([C@H]2CC[C@@]3(C)[C@H]2C(=O)C[C@@H]2[C@@]4(C)CC[C@H](O)C(C)(C)C4[C@@H](O)C[C@]23C)O1. The summed E-state index contributed by atoms with van der Waals surface area (Å²) in [5.41, 5.74) is -2.16. The summed E-state index contributed by atoms with van der Waals surface area (Å²) < 4.78 is 6.60. The lowest BCUT2D eigenvalue weighted by atomic mass is 9.34. The van der Waals surface area contributed by atoms with E-state index in [-0.39, 0.29) is 51.4 Å². The van der Waals surface area contributed by atoms with Crippen molar-refractivity contribution in [2.24, 2.45) is 45.3 Å². The molecule has 0 spiro atoms. The molecule has 0 aromatic rings. The predicted octanol–water partition coefficient (Wildman–Crippen LogP) is 4.89. The Labute approximate surface area is 212 Å². The quantitative estimate of drug-likeness (QED) is 0.513. The second-order valence-electron chi connectivity index (χ2n) is 15.4. The van der Waals surface area contributed by atoms with Gasteiger partial charge in [0.25, 0.3) is 0 Å². The normalized spacial score (nSPS) is 55.9. The average Bonchev–Trinajstić information content (AvgIpc) is 3.30. The number of Topliss-reactive ketones (excluding diaryl/α,β-unsaturated/α-hetero) is 1. The number of hydrogen-bond acceptors (Lipinski definition) is 5. The molecule has 4 aliphatic carbocycles. The minimum atomic E-state index is -0.886. The summed E-state index contributed by atoms with van der Waals surface area (Å²) in [7, 11) is 0. The Bertz CT molecular complexity index is 892. The molecule has 5 fully saturated rings. The zero-order valence-corrected chi connectivity index (χ0v) is 23.4. The van der Waals surface area contributed by atoms with E-state index in [0.717, 1.165) is 38.5 Å². The fourth-order valence-corrected chi connectivity index (χ4v) is 10.9. The number of ketones is 1. The molecule has 5 nitrogen and oxygen atoms in total. The summed E-state index contributed by atoms with van der Waals surface area (Å²) in [6.07, 6.45) is 5.42. The van der Waals surface area contributed by atoms with Gasteiger partial charge in [0.15, 0.2) is 0 Å². The smallest absolute Gasteiger partial charge is 0.137 e. The number of rotatable bonds is 2. The first-order chi connectivity index (χ1) is 15.9. The van der Waals surface area contributed by atoms with Gasteiger partial charge in [0.1, 0.15) is 5.78 Å². The van der Waals surface area contributed by atoms with Crippen LogP contribution in [0, 0.1) is 45.3 Å². The molecule has 11 atom stereocenters. The van der Waals surface area contributed by atoms with Gasteiger partial charge in [0, 0.05) is 12.3 Å². The number of aliphatic hydroxyl groups is 3. The van der Waals surface area contributed by atoms with E-state index in [1.807, 2.05) is 13.8 Å². The highest BCUT2D eigenvalue weighted by atomic mass is 16.5. The van der Waals surface area contributed by atoms with Crippen LogP contribution in [0.2, 0.25) is 0 Å². The van der Waals surface area contributed by atoms with Gasteiger partial charge in [-0.1, -0.05) is 34.6 Å². The zero-order chi connectivity index (χ0) is 26.0. The predicted molar refractivity (Wildman–Crippen MR) is 136 cm³/mol. The Morgan fingerprint density at radius 3 is 2.17 bits per heavy atom. The first kappa shape index (κ1) is 26.1. The highest BCUT2D eigenvalue weighted by Crippen LogP contribution is 2.75. The first-order valence-corrected chi connectivity index (χ1v) is 14.2. The molecule has 0 amide bonds. The van der Waals surface area contributed by atoms with Gasteiger partial charge in [0.2, 0.25) is 0 Å². The Kier molecular flexibility index (Phi) is 5.63. The third-order valence-electron chi connectivity index (χ3n) is 12.9. The van der Waals surface area contributed by atoms with Crippen molar-refractivity contribution in [3.8, 4) is 0 Å². The van der Waals surface area contributed by atoms with E-state index in [9.17, 15) is 20.1 Å². The van der Waals surface area contributed by atoms with Crippen molar-refractivity contribution in [3.63, 3.8) is 0 Å². The van der Waals surface area contributed by atoms with E-state index < -0.39 is 23.4 Å². The lowest BCUT2D eigenvalue weighted by Crippen LogP contribution is -2.69. The molecule has 0 aromatic carbocycles. The van der Waals surface area contributed by atoms with Crippen molar-refractivity contribution >= 4 is 5.78 Å². The Morgan fingerprint density at radius 1 is 0.914 bits per heavy atom. The van der Waals surface area contributed by atoms with Gasteiger partial charge in [-0.05, 0) is 105 Å². The summed E-state index contributed by atoms with van der Waals surface area (Å²) in [4.78, 5) is 14.2. The average molecular weight is 491 g/mol. The third-order valence-corrected chi connectivity index (χ3v) is 12.9. The number of hydrogen-bond donors (Lipinski definition) is 3. The van der Waals surface area contributed by atoms with Gasteiger partial charge in [0.05, 0.1) is 29.5 Å². The third kappa shape index (κ3) is 3.29. The molecule has 1 saturated heterocycles. The van der Waals surface area contributed by atoms with E-state index in [1.165, 1.54) is 0 Å². The number of ether oxygens (including phenoxy) is 1. The van der Waals surface area contributed by atoms with Gasteiger partial charge < -0.3 is 20.1 Å². The molecule has 0 aromatic heterocycles. The number of fused-ring (bicyclic) bond motifs is 5. The van der Waals surface area contributed by atoms with Crippen LogP contribution in [0.4, 0.5) is 0 Å². The fourth-order valence-electron chi connectivity index (χ4n) is 10.9. The molecule has 5 heteroatoms. The van der Waals surface area contributed by atoms with Crippen LogP contribution in [0.5, 0.6) is 0 Å². The van der Waals surface area contributed by atoms with Crippen LogP contribution in [-0.4, -0.2) is 50.6 Å². The van der Waals surface area contributed by atoms with Crippen LogP contribution in [0.3, 0.4) is 0 Å². The summed E-state index contributed by atoms with van der Waals surface area (Å²) in [6, 6.07) is 0. The maximum atomic E-state index is 14.2. The molecule has 0 bridgehead atoms. The highest BCUT2D eigenvalue weighted by Gasteiger charge is 2.73. The Balaban J connectivity index is 1.52. The van der Waals surface area contributed by atoms with Crippen molar-refractivity contribution < 1.29 is 24.9 Å². The molecular weight excluding hydrogens is 440 g/mol. The molecule has 5 aliphatic rings. The molecule has 4 saturated carbocycles. The summed E-state index contributed by atoms with van der Waals surface area (Å²) in [5.74, 6) is 0.671. The van der Waals surface area contributed by atoms with E-state index in [4.69, 9.17) is 4.74 Å². The van der Waals surface area contributed by atoms with Crippen molar-refractivity contribution in [1.82, 2.24) is 0 Å². The van der Waals surface area contributed by atoms with Gasteiger partial charge in [-0.2, -0.15) is 0 Å². The van der Waals surface area contributed by atoms with Crippen LogP contribution in [-0.2, 0) is 9.53 Å². The topological polar surface area (TPSA) is 87.0 Å². The van der Waals surface area contributed by atoms with Crippen LogP contribution in [0.25, 0.3) is 0 Å². The van der Waals surface area contributed by atoms with Crippen LogP contribution >= 0.6 is 0 Å². The lowest BCUT2D eigenvalue weighted by Gasteiger charge is -2.70. The lowest BCUT2D eigenvalue weighted by molar-refractivity contribution is -0.253. The number of carbonyl (C=O) groups excluding carboxylic acids is 1. The maximum absolute atomic E-state index is 14.2. The van der Waals surface area contributed by atoms with E-state index in [1.54, 1.807) is 0 Å². The molecule has 3 N–H and O–H groups in total. The molecule has 1 unspecified atom stereocenters. The largest absolute Gasteiger partial charge is 0.393 e. The summed E-state index contributed by atoms with van der Waals surface area (Å²) >= 11 is 0. The monoisotopic (exact) mass is 490 g/mol. The van der Waals surface area contributed by atoms with E-state index in [0.29, 0.717) is 18.6 Å². The first-order valence-electron chi connectivity index (χ1n) is 14.2. The Morgan fingerprint density at radius 2 is 1.57 bits per heavy atom. The van der Waals surface area contributed by atoms with Gasteiger partial charge >= 0.3 is 0 Å². The number of carbonyl (C=O) groups is 1. The maximum Gasteiger partial charge on any atom is 0.137 e. The number of aliphatic hydroxyl groups excluding tert-OH is 2. The standard InChI is InChI=1S/C30H50O5/c1-25(2)21(33)10-12-27(5)20-15-18(31)23-17(30(8)14-11-22(35-30)26(3,4)34)9-13-28(23,6)29(20,7)16-19(32)24(25)27/h17,19-24,32-34H,9-16H2,1-8H3/t17-,19-,20+,21-,22+,23+,24?,27+,28-,29+,30-/m0/s1. The minimum Gasteiger partial charge on any atom is -0.393 e. The van der Waals surface area contributed by atoms with E-state index >= 15 is 0 Å². The van der Waals surface area contributed by atoms with Gasteiger partial charge in [-0.3, -0.25) is 4.79 Å². The van der Waals surface area contributed by atoms with E-state index in [2.05, 4.69) is 41.5 Å². The molecule has 35 heavy (non-hydrogen) atoms. The van der Waals surface area contributed by atoms with Gasteiger partial charge in [-0.15, -0.1) is 0 Å². The molecule has 1 heterocycles. The molecule has 1 aliphatic heterocycles. The second kappa shape index (κ2) is 7.55. The van der Waals surface area contributed by atoms with Crippen LogP contribution in [0.15, 0.2) is 0 Å². The van der Waals surface area contributed by atoms with Crippen molar-refractivity contribution in [2.45, 2.75) is 136 Å². The fraction of sp³-hybridized carbons (Fsp3) is 0.967. The summed E-state index contributed by atoms with van der Waals surface area (Å²) in [5, 5.41) is 33.2. The summed E-state index contributed by atoms with van der Waals surface area (Å²) in [6.45, 7) is 17.1. The Hall–Kier alpha value is -0.490. The van der Waals surface area contributed by atoms with Crippen LogP contribution in [0.1, 0.15) is 107 Å². The molecule has 5 rings (SSSR count). The van der Waals surface area contributed by atoms with Crippen molar-refractivity contribution in [2.75, 3.05) is 0 Å². The second-order valence-corrected chi connectivity index (χ2v) is 15.4. The zero-order valence-electron chi connectivity index (χ0n) is 23.4. The highest BCUT2D eigenvalue weighted by molar-refractivity contribution is 5.84. The van der Waals surface area contributed by atoms with Crippen LogP contribution < -0.4 is 0 Å². The minimum absolute atomic E-state index is 0.00907.